The molecule has 5 nitrogen and oxygen atoms in total. The third kappa shape index (κ3) is 2.65. The summed E-state index contributed by atoms with van der Waals surface area (Å²) < 4.78 is 7.77. The van der Waals surface area contributed by atoms with E-state index in [1.807, 2.05) is 29.0 Å². The van der Waals surface area contributed by atoms with Crippen LogP contribution in [0.1, 0.15) is 17.7 Å². The molecule has 0 amide bonds. The largest absolute Gasteiger partial charge is 0.378 e. The van der Waals surface area contributed by atoms with Gasteiger partial charge in [-0.15, -0.1) is 0 Å². The van der Waals surface area contributed by atoms with Crippen molar-refractivity contribution in [3.8, 4) is 0 Å². The van der Waals surface area contributed by atoms with Crippen LogP contribution in [0.5, 0.6) is 0 Å². The molecule has 126 valence electrons. The molecular formula is C20H20N4O. The highest BCUT2D eigenvalue weighted by Gasteiger charge is 2.35. The van der Waals surface area contributed by atoms with Gasteiger partial charge in [-0.05, 0) is 29.7 Å². The van der Waals surface area contributed by atoms with Crippen LogP contribution in [0.4, 0.5) is 0 Å². The number of nitrogens with zero attached hydrogens (tertiary/aromatic N) is 4. The Labute approximate surface area is 146 Å². The lowest BCUT2D eigenvalue weighted by atomic mass is 9.92. The Hall–Kier alpha value is -2.50. The smallest absolute Gasteiger partial charge is 0.154 e. The fourth-order valence-electron chi connectivity index (χ4n) is 3.94. The van der Waals surface area contributed by atoms with Gasteiger partial charge in [-0.1, -0.05) is 36.4 Å². The Balaban J connectivity index is 1.48. The summed E-state index contributed by atoms with van der Waals surface area (Å²) >= 11 is 0. The van der Waals surface area contributed by atoms with Crippen molar-refractivity contribution in [2.45, 2.75) is 25.0 Å². The third-order valence-electron chi connectivity index (χ3n) is 5.16. The summed E-state index contributed by atoms with van der Waals surface area (Å²) in [6.07, 6.45) is 7.06. The summed E-state index contributed by atoms with van der Waals surface area (Å²) in [5.74, 6) is 0. The molecule has 0 radical (unpaired) electrons. The van der Waals surface area contributed by atoms with Crippen molar-refractivity contribution >= 4 is 11.2 Å². The summed E-state index contributed by atoms with van der Waals surface area (Å²) in [7, 11) is 0. The second kappa shape index (κ2) is 6.10. The lowest BCUT2D eigenvalue weighted by molar-refractivity contribution is -0.0403. The van der Waals surface area contributed by atoms with E-state index in [0.29, 0.717) is 12.1 Å². The van der Waals surface area contributed by atoms with Gasteiger partial charge >= 0.3 is 0 Å². The van der Waals surface area contributed by atoms with Crippen molar-refractivity contribution < 1.29 is 4.74 Å². The first-order valence-corrected chi connectivity index (χ1v) is 8.76. The molecule has 2 atom stereocenters. The van der Waals surface area contributed by atoms with Crippen LogP contribution in [0.25, 0.3) is 11.2 Å². The second-order valence-corrected chi connectivity index (χ2v) is 6.75. The van der Waals surface area contributed by atoms with Gasteiger partial charge in [0.2, 0.25) is 0 Å². The van der Waals surface area contributed by atoms with Crippen LogP contribution in [0, 0.1) is 0 Å². The zero-order chi connectivity index (χ0) is 16.6. The average Bonchev–Trinajstić information content (AvgIpc) is 3.06. The van der Waals surface area contributed by atoms with Gasteiger partial charge < -0.3 is 4.74 Å². The molecule has 5 heteroatoms. The van der Waals surface area contributed by atoms with Crippen LogP contribution in [0.2, 0.25) is 0 Å². The average molecular weight is 332 g/mol. The van der Waals surface area contributed by atoms with E-state index in [-0.39, 0.29) is 0 Å². The first-order valence-electron chi connectivity index (χ1n) is 8.76. The van der Waals surface area contributed by atoms with Crippen molar-refractivity contribution in [2.75, 3.05) is 13.2 Å². The van der Waals surface area contributed by atoms with Crippen LogP contribution in [0.3, 0.4) is 0 Å². The van der Waals surface area contributed by atoms with Gasteiger partial charge in [0, 0.05) is 18.8 Å². The number of rotatable bonds is 3. The highest BCUT2D eigenvalue weighted by molar-refractivity contribution is 5.67. The quantitative estimate of drug-likeness (QED) is 0.740. The van der Waals surface area contributed by atoms with Crippen LogP contribution in [0.15, 0.2) is 60.9 Å². The lowest BCUT2D eigenvalue weighted by Crippen LogP contribution is -2.53. The van der Waals surface area contributed by atoms with Gasteiger partial charge in [0.1, 0.15) is 0 Å². The number of aromatic nitrogens is 3. The van der Waals surface area contributed by atoms with Crippen molar-refractivity contribution in [1.29, 1.82) is 0 Å². The molecule has 0 spiro atoms. The zero-order valence-electron chi connectivity index (χ0n) is 14.0. The third-order valence-corrected chi connectivity index (χ3v) is 5.16. The number of ether oxygens (including phenoxy) is 1. The van der Waals surface area contributed by atoms with E-state index in [1.54, 1.807) is 0 Å². The van der Waals surface area contributed by atoms with Gasteiger partial charge in [0.15, 0.2) is 5.65 Å². The highest BCUT2D eigenvalue weighted by atomic mass is 16.5. The van der Waals surface area contributed by atoms with E-state index in [9.17, 15) is 0 Å². The molecule has 0 aliphatic carbocycles. The van der Waals surface area contributed by atoms with Crippen LogP contribution in [-0.2, 0) is 11.3 Å². The molecule has 4 heterocycles. The standard InChI is InChI=1S/C20H20N4O/c1-2-5-15(6-3-1)12-23-17-9-16(10-18(23)14-25-13-17)19-11-21-20-7-4-8-22-24(19)20/h1-9,11,17-18H,10,12-14H2. The molecule has 2 unspecified atom stereocenters. The Morgan fingerprint density at radius 2 is 2.00 bits per heavy atom. The number of fused-ring (bicyclic) bond motifs is 3. The van der Waals surface area contributed by atoms with E-state index in [0.717, 1.165) is 37.5 Å². The molecule has 0 N–H and O–H groups in total. The fraction of sp³-hybridized carbons (Fsp3) is 0.300. The summed E-state index contributed by atoms with van der Waals surface area (Å²) in [5, 5.41) is 4.47. The van der Waals surface area contributed by atoms with E-state index in [4.69, 9.17) is 4.74 Å². The maximum absolute atomic E-state index is 5.83. The maximum Gasteiger partial charge on any atom is 0.154 e. The molecule has 1 saturated heterocycles. The summed E-state index contributed by atoms with van der Waals surface area (Å²) in [6, 6.07) is 15.3. The van der Waals surface area contributed by atoms with Gasteiger partial charge in [-0.3, -0.25) is 4.90 Å². The fourth-order valence-corrected chi connectivity index (χ4v) is 3.94. The number of hydrogen-bond acceptors (Lipinski definition) is 4. The predicted octanol–water partition coefficient (Wildman–Crippen LogP) is 2.79. The van der Waals surface area contributed by atoms with Crippen molar-refractivity contribution in [2.24, 2.45) is 0 Å². The zero-order valence-corrected chi connectivity index (χ0v) is 14.0. The van der Waals surface area contributed by atoms with E-state index in [1.165, 1.54) is 11.1 Å². The van der Waals surface area contributed by atoms with Crippen molar-refractivity contribution in [3.63, 3.8) is 0 Å². The molecular weight excluding hydrogens is 312 g/mol. The molecule has 5 rings (SSSR count). The van der Waals surface area contributed by atoms with E-state index < -0.39 is 0 Å². The van der Waals surface area contributed by atoms with Gasteiger partial charge in [0.05, 0.1) is 31.1 Å². The molecule has 1 aromatic carbocycles. The molecule has 2 aliphatic rings. The Kier molecular flexibility index (Phi) is 3.61. The Morgan fingerprint density at radius 1 is 1.08 bits per heavy atom. The van der Waals surface area contributed by atoms with Crippen LogP contribution < -0.4 is 0 Å². The number of benzene rings is 1. The Bertz CT molecular complexity index is 918. The molecule has 0 saturated carbocycles. The van der Waals surface area contributed by atoms with Gasteiger partial charge in [-0.2, -0.15) is 5.10 Å². The second-order valence-electron chi connectivity index (χ2n) is 6.75. The summed E-state index contributed by atoms with van der Waals surface area (Å²) in [6.45, 7) is 2.50. The monoisotopic (exact) mass is 332 g/mol. The minimum atomic E-state index is 0.303. The predicted molar refractivity (Wildman–Crippen MR) is 96.0 cm³/mol. The number of morpholine rings is 1. The van der Waals surface area contributed by atoms with E-state index >= 15 is 0 Å². The van der Waals surface area contributed by atoms with Gasteiger partial charge in [-0.25, -0.2) is 9.50 Å². The van der Waals surface area contributed by atoms with E-state index in [2.05, 4.69) is 51.4 Å². The maximum atomic E-state index is 5.83. The van der Waals surface area contributed by atoms with Crippen molar-refractivity contribution in [3.05, 3.63) is 72.2 Å². The topological polar surface area (TPSA) is 42.7 Å². The number of imidazole rings is 1. The van der Waals surface area contributed by atoms with Crippen LogP contribution in [-0.4, -0.2) is 44.8 Å². The molecule has 2 bridgehead atoms. The first kappa shape index (κ1) is 14.8. The summed E-state index contributed by atoms with van der Waals surface area (Å²) in [5.41, 5.74) is 4.68. The Morgan fingerprint density at radius 3 is 2.88 bits per heavy atom. The molecule has 1 fully saturated rings. The van der Waals surface area contributed by atoms with Crippen molar-refractivity contribution in [1.82, 2.24) is 19.5 Å². The minimum Gasteiger partial charge on any atom is -0.378 e. The molecule has 2 aromatic heterocycles. The molecule has 25 heavy (non-hydrogen) atoms. The number of hydrogen-bond donors (Lipinski definition) is 0. The normalized spacial score (nSPS) is 23.6. The van der Waals surface area contributed by atoms with Gasteiger partial charge in [0.25, 0.3) is 0 Å². The first-order chi connectivity index (χ1) is 12.4. The lowest BCUT2D eigenvalue weighted by Gasteiger charge is -2.44. The minimum absolute atomic E-state index is 0.303. The highest BCUT2D eigenvalue weighted by Crippen LogP contribution is 2.33. The SMILES string of the molecule is C1=C(c2cnc3cccnn23)CC2COCC1N2Cc1ccccc1. The van der Waals surface area contributed by atoms with Crippen LogP contribution >= 0.6 is 0 Å². The molecule has 2 aliphatic heterocycles. The summed E-state index contributed by atoms with van der Waals surface area (Å²) in [4.78, 5) is 7.06. The molecule has 3 aromatic rings.